The van der Waals surface area contributed by atoms with Crippen LogP contribution in [-0.4, -0.2) is 12.4 Å². The molecule has 0 aliphatic heterocycles. The Bertz CT molecular complexity index is 446. The van der Waals surface area contributed by atoms with E-state index in [-0.39, 0.29) is 5.78 Å². The Labute approximate surface area is 106 Å². The fourth-order valence-electron chi connectivity index (χ4n) is 2.06. The number of benzene rings is 1. The van der Waals surface area contributed by atoms with Crippen LogP contribution in [0.1, 0.15) is 31.7 Å². The number of Topliss-reactive ketones (excluding diaryl/α,β-unsaturated/α-hetero) is 1. The van der Waals surface area contributed by atoms with Crippen molar-refractivity contribution in [3.63, 3.8) is 0 Å². The monoisotopic (exact) mass is 250 g/mol. The molecule has 0 radical (unpaired) electrons. The average molecular weight is 251 g/mol. The van der Waals surface area contributed by atoms with Crippen molar-refractivity contribution in [3.8, 4) is 0 Å². The van der Waals surface area contributed by atoms with Crippen LogP contribution in [0.5, 0.6) is 0 Å². The molecule has 1 aliphatic rings. The second-order valence-electron chi connectivity index (χ2n) is 4.02. The third kappa shape index (κ3) is 2.70. The van der Waals surface area contributed by atoms with Crippen LogP contribution >= 0.6 is 11.6 Å². The lowest BCUT2D eigenvalue weighted by molar-refractivity contribution is -0.119. The van der Waals surface area contributed by atoms with E-state index in [0.717, 1.165) is 24.0 Å². The number of halogens is 1. The first-order chi connectivity index (χ1) is 8.22. The Morgan fingerprint density at radius 1 is 1.24 bits per heavy atom. The van der Waals surface area contributed by atoms with Gasteiger partial charge in [-0.3, -0.25) is 4.79 Å². The number of hydrogen-bond donors (Lipinski definition) is 0. The highest BCUT2D eigenvalue weighted by Gasteiger charge is 2.22. The number of carbonyl (C=O) groups is 1. The quantitative estimate of drug-likeness (QED) is 0.815. The van der Waals surface area contributed by atoms with Crippen LogP contribution in [0.4, 0.5) is 0 Å². The molecule has 0 unspecified atom stereocenters. The normalized spacial score (nSPS) is 16.2. The van der Waals surface area contributed by atoms with Gasteiger partial charge in [0, 0.05) is 17.0 Å². The van der Waals surface area contributed by atoms with Crippen LogP contribution < -0.4 is 0 Å². The van der Waals surface area contributed by atoms with Crippen molar-refractivity contribution in [2.75, 3.05) is 6.61 Å². The molecule has 2 rings (SSSR count). The molecule has 0 amide bonds. The van der Waals surface area contributed by atoms with E-state index < -0.39 is 0 Å². The second kappa shape index (κ2) is 5.37. The average Bonchev–Trinajstić information content (AvgIpc) is 2.33. The van der Waals surface area contributed by atoms with Crippen molar-refractivity contribution in [3.05, 3.63) is 40.6 Å². The molecule has 0 N–H and O–H groups in total. The number of ketones is 1. The molecule has 0 spiro atoms. The van der Waals surface area contributed by atoms with Gasteiger partial charge >= 0.3 is 0 Å². The zero-order valence-electron chi connectivity index (χ0n) is 9.83. The van der Waals surface area contributed by atoms with Gasteiger partial charge in [0.05, 0.1) is 6.61 Å². The summed E-state index contributed by atoms with van der Waals surface area (Å²) in [5.74, 6) is 0.657. The van der Waals surface area contributed by atoms with Crippen LogP contribution in [0.2, 0.25) is 5.02 Å². The van der Waals surface area contributed by atoms with Gasteiger partial charge in [0.25, 0.3) is 0 Å². The Kier molecular flexibility index (Phi) is 3.85. The van der Waals surface area contributed by atoms with Crippen LogP contribution in [0.15, 0.2) is 30.0 Å². The minimum atomic E-state index is 0.114. The fourth-order valence-corrected chi connectivity index (χ4v) is 2.19. The van der Waals surface area contributed by atoms with E-state index in [1.807, 2.05) is 31.2 Å². The minimum absolute atomic E-state index is 0.114. The van der Waals surface area contributed by atoms with Crippen LogP contribution in [0.3, 0.4) is 0 Å². The molecule has 0 heterocycles. The lowest BCUT2D eigenvalue weighted by atomic mass is 9.91. The van der Waals surface area contributed by atoms with E-state index in [0.29, 0.717) is 23.8 Å². The van der Waals surface area contributed by atoms with Crippen molar-refractivity contribution >= 4 is 23.0 Å². The maximum Gasteiger partial charge on any atom is 0.197 e. The Hall–Kier alpha value is -1.28. The second-order valence-corrected chi connectivity index (χ2v) is 4.46. The summed E-state index contributed by atoms with van der Waals surface area (Å²) in [4.78, 5) is 11.8. The summed E-state index contributed by atoms with van der Waals surface area (Å²) in [6.07, 6.45) is 2.38. The first-order valence-corrected chi connectivity index (χ1v) is 6.25. The number of allylic oxidation sites excluding steroid dienone is 2. The predicted molar refractivity (Wildman–Crippen MR) is 68.9 cm³/mol. The van der Waals surface area contributed by atoms with E-state index in [4.69, 9.17) is 16.3 Å². The van der Waals surface area contributed by atoms with Gasteiger partial charge in [-0.15, -0.1) is 0 Å². The topological polar surface area (TPSA) is 26.3 Å². The number of ether oxygens (including phenoxy) is 1. The Morgan fingerprint density at radius 3 is 2.59 bits per heavy atom. The van der Waals surface area contributed by atoms with E-state index in [9.17, 15) is 4.79 Å². The van der Waals surface area contributed by atoms with Crippen molar-refractivity contribution < 1.29 is 9.53 Å². The van der Waals surface area contributed by atoms with Crippen LogP contribution in [0.25, 0.3) is 5.57 Å². The molecule has 90 valence electrons. The summed E-state index contributed by atoms with van der Waals surface area (Å²) >= 11 is 5.86. The van der Waals surface area contributed by atoms with Gasteiger partial charge in [-0.2, -0.15) is 0 Å². The summed E-state index contributed by atoms with van der Waals surface area (Å²) in [7, 11) is 0. The molecule has 0 atom stereocenters. The molecule has 0 saturated heterocycles. The zero-order chi connectivity index (χ0) is 12.3. The van der Waals surface area contributed by atoms with Gasteiger partial charge in [0.2, 0.25) is 0 Å². The highest BCUT2D eigenvalue weighted by atomic mass is 35.5. The summed E-state index contributed by atoms with van der Waals surface area (Å²) in [6, 6.07) is 7.56. The summed E-state index contributed by atoms with van der Waals surface area (Å²) < 4.78 is 5.49. The maximum atomic E-state index is 11.8. The summed E-state index contributed by atoms with van der Waals surface area (Å²) in [5, 5.41) is 0.703. The molecule has 17 heavy (non-hydrogen) atoms. The first-order valence-electron chi connectivity index (χ1n) is 5.87. The lowest BCUT2D eigenvalue weighted by Crippen LogP contribution is -2.13. The molecule has 3 heteroatoms. The number of rotatable bonds is 3. The SMILES string of the molecule is CCOC1=C(c2ccc(Cl)cc2)CCCC1=O. The summed E-state index contributed by atoms with van der Waals surface area (Å²) in [6.45, 7) is 2.42. The third-order valence-corrected chi connectivity index (χ3v) is 3.09. The molecule has 0 fully saturated rings. The molecule has 1 aromatic rings. The van der Waals surface area contributed by atoms with E-state index >= 15 is 0 Å². The molecule has 1 aliphatic carbocycles. The van der Waals surface area contributed by atoms with Crippen LogP contribution in [0, 0.1) is 0 Å². The molecule has 0 saturated carbocycles. The van der Waals surface area contributed by atoms with E-state index in [1.165, 1.54) is 0 Å². The molecule has 0 aromatic heterocycles. The third-order valence-electron chi connectivity index (χ3n) is 2.84. The van der Waals surface area contributed by atoms with Crippen molar-refractivity contribution in [2.45, 2.75) is 26.2 Å². The minimum Gasteiger partial charge on any atom is -0.490 e. The Balaban J connectivity index is 2.41. The highest BCUT2D eigenvalue weighted by molar-refractivity contribution is 6.30. The number of carbonyl (C=O) groups excluding carboxylic acids is 1. The smallest absolute Gasteiger partial charge is 0.197 e. The zero-order valence-corrected chi connectivity index (χ0v) is 10.6. The number of hydrogen-bond acceptors (Lipinski definition) is 2. The van der Waals surface area contributed by atoms with Gasteiger partial charge < -0.3 is 4.74 Å². The van der Waals surface area contributed by atoms with Gasteiger partial charge in [-0.05, 0) is 37.5 Å². The van der Waals surface area contributed by atoms with E-state index in [1.54, 1.807) is 0 Å². The largest absolute Gasteiger partial charge is 0.490 e. The van der Waals surface area contributed by atoms with Crippen LogP contribution in [-0.2, 0) is 9.53 Å². The molecular weight excluding hydrogens is 236 g/mol. The molecule has 1 aromatic carbocycles. The standard InChI is InChI=1S/C14H15ClO2/c1-2-17-14-12(4-3-5-13(14)16)10-6-8-11(15)9-7-10/h6-9H,2-5H2,1H3. The Morgan fingerprint density at radius 2 is 1.94 bits per heavy atom. The van der Waals surface area contributed by atoms with Crippen molar-refractivity contribution in [1.82, 2.24) is 0 Å². The van der Waals surface area contributed by atoms with Crippen molar-refractivity contribution in [1.29, 1.82) is 0 Å². The maximum absolute atomic E-state index is 11.8. The van der Waals surface area contributed by atoms with Crippen molar-refractivity contribution in [2.24, 2.45) is 0 Å². The van der Waals surface area contributed by atoms with Gasteiger partial charge in [0.15, 0.2) is 11.5 Å². The molecular formula is C14H15ClO2. The lowest BCUT2D eigenvalue weighted by Gasteiger charge is -2.19. The predicted octanol–water partition coefficient (Wildman–Crippen LogP) is 3.84. The van der Waals surface area contributed by atoms with E-state index in [2.05, 4.69) is 0 Å². The first kappa shape index (κ1) is 12.2. The van der Waals surface area contributed by atoms with Gasteiger partial charge in [-0.25, -0.2) is 0 Å². The molecule has 0 bridgehead atoms. The van der Waals surface area contributed by atoms with Gasteiger partial charge in [0.1, 0.15) is 0 Å². The highest BCUT2D eigenvalue weighted by Crippen LogP contribution is 2.31. The van der Waals surface area contributed by atoms with Gasteiger partial charge in [-0.1, -0.05) is 23.7 Å². The molecule has 2 nitrogen and oxygen atoms in total. The fraction of sp³-hybridized carbons (Fsp3) is 0.357. The summed E-state index contributed by atoms with van der Waals surface area (Å²) in [5.41, 5.74) is 2.05.